The minimum Gasteiger partial charge on any atom is -0.481 e. The standard InChI is InChI=1S/C23H18ClFN2O3S/c1-27(31-20-5-3-19(25)4-6-20)13-15-2-7-22(30-14-23(28)29)21(10-15)17-8-16(12-26)9-18(24)11-17/h2-11H,13-14H2,1H3,(H,28,29). The molecule has 3 rings (SSSR count). The molecule has 0 aliphatic carbocycles. The second-order valence-corrected chi connectivity index (χ2v) is 8.40. The van der Waals surface area contributed by atoms with Gasteiger partial charge in [0.2, 0.25) is 0 Å². The topological polar surface area (TPSA) is 73.6 Å². The summed E-state index contributed by atoms with van der Waals surface area (Å²) in [7, 11) is 1.91. The number of carboxylic acids is 1. The Morgan fingerprint density at radius 3 is 2.61 bits per heavy atom. The molecular weight excluding hydrogens is 439 g/mol. The van der Waals surface area contributed by atoms with Gasteiger partial charge in [-0.2, -0.15) is 5.26 Å². The average Bonchev–Trinajstić information content (AvgIpc) is 2.73. The normalized spacial score (nSPS) is 10.7. The van der Waals surface area contributed by atoms with E-state index in [2.05, 4.69) is 6.07 Å². The van der Waals surface area contributed by atoms with Crippen molar-refractivity contribution < 1.29 is 19.0 Å². The van der Waals surface area contributed by atoms with Gasteiger partial charge in [0.05, 0.1) is 11.6 Å². The van der Waals surface area contributed by atoms with E-state index in [0.717, 1.165) is 10.5 Å². The first-order valence-corrected chi connectivity index (χ1v) is 10.3. The van der Waals surface area contributed by atoms with Crippen LogP contribution in [0.1, 0.15) is 11.1 Å². The van der Waals surface area contributed by atoms with Crippen LogP contribution in [0, 0.1) is 17.1 Å². The van der Waals surface area contributed by atoms with Crippen LogP contribution in [0.4, 0.5) is 4.39 Å². The minimum absolute atomic E-state index is 0.285. The summed E-state index contributed by atoms with van der Waals surface area (Å²) in [6.07, 6.45) is 0. The molecule has 5 nitrogen and oxygen atoms in total. The fourth-order valence-corrected chi connectivity index (χ4v) is 4.01. The Morgan fingerprint density at radius 1 is 1.19 bits per heavy atom. The lowest BCUT2D eigenvalue weighted by atomic mass is 10.00. The van der Waals surface area contributed by atoms with E-state index in [-0.39, 0.29) is 5.82 Å². The molecule has 0 fully saturated rings. The maximum atomic E-state index is 13.1. The zero-order chi connectivity index (χ0) is 22.4. The Balaban J connectivity index is 1.89. The van der Waals surface area contributed by atoms with Crippen molar-refractivity contribution in [3.05, 3.63) is 82.6 Å². The number of ether oxygens (including phenoxy) is 1. The first-order chi connectivity index (χ1) is 14.8. The van der Waals surface area contributed by atoms with E-state index in [9.17, 15) is 14.4 Å². The molecule has 0 aliphatic rings. The van der Waals surface area contributed by atoms with E-state index >= 15 is 0 Å². The number of nitriles is 1. The molecule has 0 atom stereocenters. The largest absolute Gasteiger partial charge is 0.481 e. The number of nitrogens with zero attached hydrogens (tertiary/aromatic N) is 2. The van der Waals surface area contributed by atoms with Crippen LogP contribution in [-0.2, 0) is 11.3 Å². The second-order valence-electron chi connectivity index (χ2n) is 6.68. The van der Waals surface area contributed by atoms with Gasteiger partial charge in [0, 0.05) is 22.0 Å². The zero-order valence-electron chi connectivity index (χ0n) is 16.5. The number of hydrogen-bond donors (Lipinski definition) is 1. The Labute approximate surface area is 188 Å². The SMILES string of the molecule is CN(Cc1ccc(OCC(=O)O)c(-c2cc(Cl)cc(C#N)c2)c1)Sc1ccc(F)cc1. The summed E-state index contributed by atoms with van der Waals surface area (Å²) in [5.41, 5.74) is 2.62. The van der Waals surface area contributed by atoms with Crippen molar-refractivity contribution in [2.75, 3.05) is 13.7 Å². The summed E-state index contributed by atoms with van der Waals surface area (Å²) in [6.45, 7) is 0.0677. The number of carboxylic acid groups (broad SMARTS) is 1. The number of aliphatic carboxylic acids is 1. The van der Waals surface area contributed by atoms with E-state index in [1.165, 1.54) is 24.1 Å². The van der Waals surface area contributed by atoms with Gasteiger partial charge in [-0.25, -0.2) is 13.5 Å². The molecule has 31 heavy (non-hydrogen) atoms. The van der Waals surface area contributed by atoms with Crippen LogP contribution in [0.2, 0.25) is 5.02 Å². The lowest BCUT2D eigenvalue weighted by Crippen LogP contribution is -2.11. The smallest absolute Gasteiger partial charge is 0.341 e. The first kappa shape index (κ1) is 22.6. The van der Waals surface area contributed by atoms with Crippen LogP contribution in [-0.4, -0.2) is 29.0 Å². The van der Waals surface area contributed by atoms with E-state index in [4.69, 9.17) is 21.4 Å². The van der Waals surface area contributed by atoms with Gasteiger partial charge in [-0.1, -0.05) is 17.7 Å². The predicted octanol–water partition coefficient (Wildman–Crippen LogP) is 5.62. The molecule has 0 amide bonds. The highest BCUT2D eigenvalue weighted by atomic mass is 35.5. The number of hydrogen-bond acceptors (Lipinski definition) is 5. The fraction of sp³-hybridized carbons (Fsp3) is 0.130. The molecule has 3 aromatic rings. The molecule has 0 unspecified atom stereocenters. The van der Waals surface area contributed by atoms with Gasteiger partial charge in [0.25, 0.3) is 0 Å². The van der Waals surface area contributed by atoms with Crippen molar-refractivity contribution in [1.29, 1.82) is 5.26 Å². The zero-order valence-corrected chi connectivity index (χ0v) is 18.1. The molecule has 158 valence electrons. The average molecular weight is 457 g/mol. The molecule has 0 saturated heterocycles. The molecule has 0 saturated carbocycles. The van der Waals surface area contributed by atoms with Crippen molar-refractivity contribution >= 4 is 29.5 Å². The summed E-state index contributed by atoms with van der Waals surface area (Å²) in [4.78, 5) is 11.9. The van der Waals surface area contributed by atoms with Crippen LogP contribution in [0.5, 0.6) is 5.75 Å². The van der Waals surface area contributed by atoms with Crippen LogP contribution in [0.3, 0.4) is 0 Å². The summed E-state index contributed by atoms with van der Waals surface area (Å²) in [5.74, 6) is -0.993. The molecule has 8 heteroatoms. The molecule has 0 aromatic heterocycles. The van der Waals surface area contributed by atoms with Gasteiger partial charge in [0.1, 0.15) is 11.6 Å². The van der Waals surface area contributed by atoms with E-state index in [1.54, 1.807) is 36.4 Å². The number of rotatable bonds is 8. The number of carbonyl (C=O) groups is 1. The molecule has 1 N–H and O–H groups in total. The van der Waals surface area contributed by atoms with E-state index < -0.39 is 12.6 Å². The Morgan fingerprint density at radius 2 is 1.94 bits per heavy atom. The van der Waals surface area contributed by atoms with E-state index in [1.807, 2.05) is 23.5 Å². The van der Waals surface area contributed by atoms with Crippen LogP contribution < -0.4 is 4.74 Å². The van der Waals surface area contributed by atoms with Gasteiger partial charge in [-0.15, -0.1) is 0 Å². The van der Waals surface area contributed by atoms with Gasteiger partial charge >= 0.3 is 5.97 Å². The quantitative estimate of drug-likeness (QED) is 0.443. The van der Waals surface area contributed by atoms with Crippen LogP contribution >= 0.6 is 23.5 Å². The number of benzene rings is 3. The van der Waals surface area contributed by atoms with Gasteiger partial charge in [-0.3, -0.25) is 0 Å². The molecule has 3 aromatic carbocycles. The van der Waals surface area contributed by atoms with Crippen LogP contribution in [0.15, 0.2) is 65.6 Å². The maximum Gasteiger partial charge on any atom is 0.341 e. The lowest BCUT2D eigenvalue weighted by molar-refractivity contribution is -0.139. The van der Waals surface area contributed by atoms with Gasteiger partial charge in [-0.05, 0) is 84.7 Å². The maximum absolute atomic E-state index is 13.1. The first-order valence-electron chi connectivity index (χ1n) is 9.17. The van der Waals surface area contributed by atoms with Crippen molar-refractivity contribution in [2.24, 2.45) is 0 Å². The molecular formula is C23H18ClFN2O3S. The van der Waals surface area contributed by atoms with Crippen molar-refractivity contribution in [3.63, 3.8) is 0 Å². The Hall–Kier alpha value is -3.05. The summed E-state index contributed by atoms with van der Waals surface area (Å²) >= 11 is 7.63. The highest BCUT2D eigenvalue weighted by Crippen LogP contribution is 2.34. The van der Waals surface area contributed by atoms with Gasteiger partial charge in [0.15, 0.2) is 6.61 Å². The van der Waals surface area contributed by atoms with Gasteiger partial charge < -0.3 is 9.84 Å². The molecule has 0 radical (unpaired) electrons. The Bertz CT molecular complexity index is 1130. The summed E-state index contributed by atoms with van der Waals surface area (Å²) in [6, 6.07) is 18.7. The summed E-state index contributed by atoms with van der Waals surface area (Å²) < 4.78 is 20.6. The predicted molar refractivity (Wildman–Crippen MR) is 118 cm³/mol. The molecule has 0 spiro atoms. The molecule has 0 bridgehead atoms. The highest BCUT2D eigenvalue weighted by Gasteiger charge is 2.13. The fourth-order valence-electron chi connectivity index (χ4n) is 2.94. The summed E-state index contributed by atoms with van der Waals surface area (Å²) in [5, 5.41) is 18.6. The van der Waals surface area contributed by atoms with E-state index in [0.29, 0.717) is 34.0 Å². The number of halogens is 2. The third-order valence-electron chi connectivity index (χ3n) is 4.21. The highest BCUT2D eigenvalue weighted by molar-refractivity contribution is 7.97. The Kier molecular flexibility index (Phi) is 7.53. The molecule has 0 heterocycles. The monoisotopic (exact) mass is 456 g/mol. The second kappa shape index (κ2) is 10.3. The molecule has 0 aliphatic heterocycles. The van der Waals surface area contributed by atoms with Crippen LogP contribution in [0.25, 0.3) is 11.1 Å². The lowest BCUT2D eigenvalue weighted by Gasteiger charge is -2.18. The van der Waals surface area contributed by atoms with Crippen molar-refractivity contribution in [3.8, 4) is 22.9 Å². The third kappa shape index (κ3) is 6.46. The van der Waals surface area contributed by atoms with Crippen molar-refractivity contribution in [1.82, 2.24) is 4.31 Å². The third-order valence-corrected chi connectivity index (χ3v) is 5.36. The van der Waals surface area contributed by atoms with Crippen molar-refractivity contribution in [2.45, 2.75) is 11.4 Å². The minimum atomic E-state index is -1.09.